The van der Waals surface area contributed by atoms with Crippen LogP contribution in [0.4, 0.5) is 16.2 Å². The van der Waals surface area contributed by atoms with Crippen molar-refractivity contribution in [3.05, 3.63) is 46.5 Å². The largest absolute Gasteiger partial charge is 0.341 e. The predicted molar refractivity (Wildman–Crippen MR) is 109 cm³/mol. The average Bonchev–Trinajstić information content (AvgIpc) is 3.32. The molecule has 27 heavy (non-hydrogen) atoms. The first-order valence-corrected chi connectivity index (χ1v) is 9.39. The zero-order valence-corrected chi connectivity index (χ0v) is 16.3. The van der Waals surface area contributed by atoms with Gasteiger partial charge in [-0.05, 0) is 54.9 Å². The van der Waals surface area contributed by atoms with Gasteiger partial charge in [0.05, 0.1) is 4.88 Å². The van der Waals surface area contributed by atoms with Crippen molar-refractivity contribution in [1.82, 2.24) is 20.1 Å². The normalized spacial score (nSPS) is 11.6. The molecule has 0 aliphatic heterocycles. The number of thiophene rings is 1. The molecular weight excluding hydrogens is 384 g/mol. The number of urea groups is 1. The third kappa shape index (κ3) is 4.23. The fourth-order valence-electron chi connectivity index (χ4n) is 2.44. The van der Waals surface area contributed by atoms with Gasteiger partial charge in [0.15, 0.2) is 10.6 Å². The number of aromatic amines is 1. The van der Waals surface area contributed by atoms with Crippen LogP contribution in [0.2, 0.25) is 0 Å². The Bertz CT molecular complexity index is 991. The number of hydrogen-bond donors (Lipinski definition) is 4. The molecule has 1 atom stereocenters. The van der Waals surface area contributed by atoms with E-state index in [1.165, 1.54) is 18.4 Å². The van der Waals surface area contributed by atoms with Gasteiger partial charge in [-0.2, -0.15) is 5.10 Å². The molecular formula is C17H18N6O2S2. The predicted octanol–water partition coefficient (Wildman–Crippen LogP) is 3.62. The van der Waals surface area contributed by atoms with Crippen LogP contribution in [0.25, 0.3) is 10.7 Å². The van der Waals surface area contributed by atoms with Gasteiger partial charge >= 0.3 is 6.03 Å². The number of nitrogens with zero attached hydrogens (tertiary/aromatic N) is 2. The Labute approximate surface area is 164 Å². The summed E-state index contributed by atoms with van der Waals surface area (Å²) in [6.07, 6.45) is 0. The number of carbonyl (C=O) groups is 2. The monoisotopic (exact) mass is 402 g/mol. The summed E-state index contributed by atoms with van der Waals surface area (Å²) in [5, 5.41) is 16.9. The van der Waals surface area contributed by atoms with Crippen LogP contribution < -0.4 is 16.0 Å². The average molecular weight is 403 g/mol. The number of anilines is 2. The van der Waals surface area contributed by atoms with E-state index in [0.29, 0.717) is 22.0 Å². The van der Waals surface area contributed by atoms with Gasteiger partial charge in [-0.25, -0.2) is 4.79 Å². The molecule has 0 spiro atoms. The first kappa shape index (κ1) is 18.8. The SMILES string of the molecule is CNC(=O)Nc1ccc(NC(=O)C(C)n2c(-c3cccs3)n[nH]c2=S)cc1. The van der Waals surface area contributed by atoms with Crippen LogP contribution in [0.1, 0.15) is 13.0 Å². The maximum atomic E-state index is 12.7. The second-order valence-corrected chi connectivity index (χ2v) is 6.98. The van der Waals surface area contributed by atoms with Crippen molar-refractivity contribution in [1.29, 1.82) is 0 Å². The van der Waals surface area contributed by atoms with E-state index in [1.54, 1.807) is 35.8 Å². The van der Waals surface area contributed by atoms with Crippen LogP contribution in [0, 0.1) is 4.77 Å². The Morgan fingerprint density at radius 3 is 2.44 bits per heavy atom. The van der Waals surface area contributed by atoms with E-state index in [9.17, 15) is 9.59 Å². The number of aromatic nitrogens is 3. The summed E-state index contributed by atoms with van der Waals surface area (Å²) < 4.78 is 2.07. The van der Waals surface area contributed by atoms with Gasteiger partial charge in [-0.3, -0.25) is 14.5 Å². The molecule has 10 heteroatoms. The zero-order chi connectivity index (χ0) is 19.4. The van der Waals surface area contributed by atoms with Crippen molar-refractivity contribution in [2.45, 2.75) is 13.0 Å². The molecule has 0 fully saturated rings. The molecule has 140 valence electrons. The lowest BCUT2D eigenvalue weighted by Gasteiger charge is -2.15. The highest BCUT2D eigenvalue weighted by atomic mass is 32.1. The van der Waals surface area contributed by atoms with Gasteiger partial charge in [-0.1, -0.05) is 6.07 Å². The Balaban J connectivity index is 1.74. The van der Waals surface area contributed by atoms with Crippen LogP contribution in [-0.4, -0.2) is 33.8 Å². The van der Waals surface area contributed by atoms with E-state index >= 15 is 0 Å². The summed E-state index contributed by atoms with van der Waals surface area (Å²) in [6.45, 7) is 1.76. The van der Waals surface area contributed by atoms with Crippen LogP contribution in [0.15, 0.2) is 41.8 Å². The number of rotatable bonds is 5. The molecule has 0 aliphatic rings. The topological polar surface area (TPSA) is 104 Å². The smallest absolute Gasteiger partial charge is 0.318 e. The molecule has 0 saturated heterocycles. The van der Waals surface area contributed by atoms with Gasteiger partial charge in [0.25, 0.3) is 0 Å². The van der Waals surface area contributed by atoms with E-state index in [0.717, 1.165) is 4.88 Å². The second kappa shape index (κ2) is 8.14. The summed E-state index contributed by atoms with van der Waals surface area (Å²) >= 11 is 6.82. The highest BCUT2D eigenvalue weighted by molar-refractivity contribution is 7.71. The summed E-state index contributed by atoms with van der Waals surface area (Å²) in [7, 11) is 1.54. The van der Waals surface area contributed by atoms with Gasteiger partial charge < -0.3 is 16.0 Å². The number of amides is 3. The summed E-state index contributed by atoms with van der Waals surface area (Å²) in [5.74, 6) is 0.403. The van der Waals surface area contributed by atoms with Crippen molar-refractivity contribution < 1.29 is 9.59 Å². The van der Waals surface area contributed by atoms with Gasteiger partial charge in [0.1, 0.15) is 6.04 Å². The van der Waals surface area contributed by atoms with E-state index in [2.05, 4.69) is 26.1 Å². The molecule has 1 unspecified atom stereocenters. The highest BCUT2D eigenvalue weighted by Crippen LogP contribution is 2.26. The standard InChI is InChI=1S/C17H18N6O2S2/c1-10(23-14(21-22-17(23)26)13-4-3-9-27-13)15(24)19-11-5-7-12(8-6-11)20-16(25)18-2/h3-10H,1-2H3,(H,19,24)(H,22,26)(H2,18,20,25). The van der Waals surface area contributed by atoms with Gasteiger partial charge in [-0.15, -0.1) is 11.3 Å². The van der Waals surface area contributed by atoms with Crippen LogP contribution in [0.3, 0.4) is 0 Å². The molecule has 0 saturated carbocycles. The Kier molecular flexibility index (Phi) is 5.67. The summed E-state index contributed by atoms with van der Waals surface area (Å²) in [6, 6.07) is 9.81. The first-order valence-electron chi connectivity index (χ1n) is 8.10. The van der Waals surface area contributed by atoms with E-state index in [-0.39, 0.29) is 11.9 Å². The van der Waals surface area contributed by atoms with Crippen molar-refractivity contribution in [3.8, 4) is 10.7 Å². The second-order valence-electron chi connectivity index (χ2n) is 5.65. The molecule has 3 rings (SSSR count). The fourth-order valence-corrected chi connectivity index (χ4v) is 3.44. The Hall–Kier alpha value is -2.98. The zero-order valence-electron chi connectivity index (χ0n) is 14.6. The van der Waals surface area contributed by atoms with Gasteiger partial charge in [0.2, 0.25) is 5.91 Å². The first-order chi connectivity index (χ1) is 13.0. The Morgan fingerprint density at radius 1 is 1.19 bits per heavy atom. The number of carbonyl (C=O) groups excluding carboxylic acids is 2. The minimum Gasteiger partial charge on any atom is -0.341 e. The molecule has 2 aromatic heterocycles. The summed E-state index contributed by atoms with van der Waals surface area (Å²) in [5.41, 5.74) is 1.24. The van der Waals surface area contributed by atoms with E-state index < -0.39 is 6.04 Å². The molecule has 4 N–H and O–H groups in total. The minimum absolute atomic E-state index is 0.225. The molecule has 8 nitrogen and oxygen atoms in total. The third-order valence-electron chi connectivity index (χ3n) is 3.85. The Morgan fingerprint density at radius 2 is 1.85 bits per heavy atom. The number of nitrogens with one attached hydrogen (secondary N) is 4. The van der Waals surface area contributed by atoms with Crippen LogP contribution in [-0.2, 0) is 4.79 Å². The van der Waals surface area contributed by atoms with Crippen molar-refractivity contribution >= 4 is 46.9 Å². The molecule has 0 radical (unpaired) electrons. The van der Waals surface area contributed by atoms with Gasteiger partial charge in [0, 0.05) is 18.4 Å². The maximum Gasteiger partial charge on any atom is 0.318 e. The molecule has 1 aromatic carbocycles. The number of H-pyrrole nitrogens is 1. The van der Waals surface area contributed by atoms with Crippen molar-refractivity contribution in [3.63, 3.8) is 0 Å². The third-order valence-corrected chi connectivity index (χ3v) is 5.00. The lowest BCUT2D eigenvalue weighted by Crippen LogP contribution is -2.25. The maximum absolute atomic E-state index is 12.7. The van der Waals surface area contributed by atoms with Crippen LogP contribution >= 0.6 is 23.6 Å². The highest BCUT2D eigenvalue weighted by Gasteiger charge is 2.21. The van der Waals surface area contributed by atoms with Crippen LogP contribution in [0.5, 0.6) is 0 Å². The van der Waals surface area contributed by atoms with E-state index in [4.69, 9.17) is 12.2 Å². The van der Waals surface area contributed by atoms with E-state index in [1.807, 2.05) is 17.5 Å². The lowest BCUT2D eigenvalue weighted by atomic mass is 10.2. The number of benzene rings is 1. The molecule has 2 heterocycles. The molecule has 3 amide bonds. The molecule has 3 aromatic rings. The number of hydrogen-bond acceptors (Lipinski definition) is 5. The molecule has 0 bridgehead atoms. The lowest BCUT2D eigenvalue weighted by molar-refractivity contribution is -0.118. The summed E-state index contributed by atoms with van der Waals surface area (Å²) in [4.78, 5) is 24.9. The minimum atomic E-state index is -0.558. The van der Waals surface area contributed by atoms with Crippen molar-refractivity contribution in [2.24, 2.45) is 0 Å². The van der Waals surface area contributed by atoms with Crippen molar-refractivity contribution in [2.75, 3.05) is 17.7 Å². The quantitative estimate of drug-likeness (QED) is 0.489. The molecule has 0 aliphatic carbocycles. The fraction of sp³-hybridized carbons (Fsp3) is 0.176.